The molecule has 0 aliphatic rings. The highest BCUT2D eigenvalue weighted by atomic mass is 16.4. The molecule has 0 atom stereocenters. The van der Waals surface area contributed by atoms with Crippen LogP contribution in [0.5, 0.6) is 0 Å². The summed E-state index contributed by atoms with van der Waals surface area (Å²) in [5.74, 6) is -0.0853. The number of carboxylic acids is 1. The predicted octanol–water partition coefficient (Wildman–Crippen LogP) is 2.06. The van der Waals surface area contributed by atoms with Crippen molar-refractivity contribution in [3.8, 4) is 0 Å². The van der Waals surface area contributed by atoms with Crippen molar-refractivity contribution in [3.63, 3.8) is 0 Å². The second-order valence-corrected chi connectivity index (χ2v) is 4.77. The summed E-state index contributed by atoms with van der Waals surface area (Å²) >= 11 is 0. The largest absolute Gasteiger partial charge is 0.478 e. The normalized spacial score (nSPS) is 10.7. The lowest BCUT2D eigenvalue weighted by atomic mass is 10.1. The Morgan fingerprint density at radius 2 is 2.00 bits per heavy atom. The number of benzene rings is 1. The third kappa shape index (κ3) is 2.55. The first kappa shape index (κ1) is 13.1. The molecule has 21 heavy (non-hydrogen) atoms. The number of carboxylic acid groups (broad SMARTS) is 1. The van der Waals surface area contributed by atoms with Crippen LogP contribution < -0.4 is 4.90 Å². The molecule has 106 valence electrons. The summed E-state index contributed by atoms with van der Waals surface area (Å²) in [7, 11) is 1.94. The van der Waals surface area contributed by atoms with E-state index in [1.807, 2.05) is 30.1 Å². The first-order valence-corrected chi connectivity index (χ1v) is 6.47. The highest BCUT2D eigenvalue weighted by Gasteiger charge is 2.09. The van der Waals surface area contributed by atoms with E-state index in [1.165, 1.54) is 0 Å². The fourth-order valence-corrected chi connectivity index (χ4v) is 2.24. The molecular weight excluding hydrogens is 268 g/mol. The van der Waals surface area contributed by atoms with Crippen LogP contribution in [-0.2, 0) is 6.54 Å². The number of anilines is 1. The number of hydrogen-bond acceptors (Lipinski definition) is 4. The smallest absolute Gasteiger partial charge is 0.335 e. The van der Waals surface area contributed by atoms with Gasteiger partial charge in [0.1, 0.15) is 5.52 Å². The molecule has 6 heteroatoms. The topological polar surface area (TPSA) is 70.7 Å². The Hall–Kier alpha value is -2.89. The van der Waals surface area contributed by atoms with E-state index in [9.17, 15) is 4.79 Å². The molecular formula is C15H14N4O2. The number of aromatic nitrogens is 3. The van der Waals surface area contributed by atoms with Crippen molar-refractivity contribution in [3.05, 3.63) is 60.0 Å². The molecule has 0 saturated carbocycles. The van der Waals surface area contributed by atoms with E-state index in [2.05, 4.69) is 10.1 Å². The minimum absolute atomic E-state index is 0.289. The maximum Gasteiger partial charge on any atom is 0.335 e. The molecule has 0 unspecified atom stereocenters. The highest BCUT2D eigenvalue weighted by molar-refractivity contribution is 5.87. The molecule has 6 nitrogen and oxygen atoms in total. The van der Waals surface area contributed by atoms with Gasteiger partial charge in [-0.3, -0.25) is 0 Å². The molecule has 0 bridgehead atoms. The SMILES string of the molecule is CN(Cc1ccc(C(=O)O)cc1)c1nccn2nccc12. The number of aromatic carboxylic acids is 1. The lowest BCUT2D eigenvalue weighted by molar-refractivity contribution is 0.0697. The van der Waals surface area contributed by atoms with Crippen molar-refractivity contribution >= 4 is 17.3 Å². The Bertz CT molecular complexity index is 780. The van der Waals surface area contributed by atoms with Crippen LogP contribution in [0.25, 0.3) is 5.52 Å². The van der Waals surface area contributed by atoms with Gasteiger partial charge in [0.25, 0.3) is 0 Å². The van der Waals surface area contributed by atoms with Crippen LogP contribution in [0, 0.1) is 0 Å². The lowest BCUT2D eigenvalue weighted by Gasteiger charge is -2.19. The van der Waals surface area contributed by atoms with Crippen LogP contribution in [-0.4, -0.2) is 32.7 Å². The average Bonchev–Trinajstić information content (AvgIpc) is 2.96. The van der Waals surface area contributed by atoms with Gasteiger partial charge in [0.2, 0.25) is 0 Å². The minimum atomic E-state index is -0.916. The van der Waals surface area contributed by atoms with E-state index in [1.54, 1.807) is 35.2 Å². The third-order valence-corrected chi connectivity index (χ3v) is 3.29. The Balaban J connectivity index is 1.84. The molecule has 0 saturated heterocycles. The number of nitrogens with zero attached hydrogens (tertiary/aromatic N) is 4. The van der Waals surface area contributed by atoms with Crippen molar-refractivity contribution in [1.29, 1.82) is 0 Å². The van der Waals surface area contributed by atoms with Crippen LogP contribution in [0.4, 0.5) is 5.82 Å². The summed E-state index contributed by atoms with van der Waals surface area (Å²) in [6.07, 6.45) is 5.24. The molecule has 0 fully saturated rings. The predicted molar refractivity (Wildman–Crippen MR) is 78.5 cm³/mol. The fourth-order valence-electron chi connectivity index (χ4n) is 2.24. The number of fused-ring (bicyclic) bond motifs is 1. The van der Waals surface area contributed by atoms with Crippen LogP contribution in [0.1, 0.15) is 15.9 Å². The van der Waals surface area contributed by atoms with Gasteiger partial charge in [0, 0.05) is 26.0 Å². The zero-order chi connectivity index (χ0) is 14.8. The van der Waals surface area contributed by atoms with Crippen molar-refractivity contribution in [1.82, 2.24) is 14.6 Å². The zero-order valence-electron chi connectivity index (χ0n) is 11.5. The van der Waals surface area contributed by atoms with Gasteiger partial charge in [-0.2, -0.15) is 5.10 Å². The van der Waals surface area contributed by atoms with Crippen molar-refractivity contribution in [2.75, 3.05) is 11.9 Å². The second kappa shape index (κ2) is 5.24. The standard InChI is InChI=1S/C15H14N4O2/c1-18(10-11-2-4-12(5-3-11)15(20)21)14-13-6-7-17-19(13)9-8-16-14/h2-9H,10H2,1H3,(H,20,21). The summed E-state index contributed by atoms with van der Waals surface area (Å²) in [6.45, 7) is 0.637. The van der Waals surface area contributed by atoms with E-state index < -0.39 is 5.97 Å². The zero-order valence-corrected chi connectivity index (χ0v) is 11.5. The van der Waals surface area contributed by atoms with Crippen LogP contribution in [0.15, 0.2) is 48.9 Å². The Labute approximate surface area is 121 Å². The van der Waals surface area contributed by atoms with Gasteiger partial charge >= 0.3 is 5.97 Å². The van der Waals surface area contributed by atoms with Crippen LogP contribution in [0.3, 0.4) is 0 Å². The first-order valence-electron chi connectivity index (χ1n) is 6.47. The fraction of sp³-hybridized carbons (Fsp3) is 0.133. The van der Waals surface area contributed by atoms with Crippen molar-refractivity contribution in [2.24, 2.45) is 0 Å². The highest BCUT2D eigenvalue weighted by Crippen LogP contribution is 2.18. The molecule has 2 heterocycles. The van der Waals surface area contributed by atoms with Gasteiger partial charge in [0.05, 0.1) is 11.8 Å². The first-order chi connectivity index (χ1) is 10.1. The van der Waals surface area contributed by atoms with E-state index in [4.69, 9.17) is 5.11 Å². The Morgan fingerprint density at radius 1 is 1.24 bits per heavy atom. The number of carbonyl (C=O) groups is 1. The van der Waals surface area contributed by atoms with E-state index in [0.717, 1.165) is 16.9 Å². The molecule has 0 aliphatic heterocycles. The second-order valence-electron chi connectivity index (χ2n) is 4.77. The number of hydrogen-bond donors (Lipinski definition) is 1. The molecule has 0 aliphatic carbocycles. The monoisotopic (exact) mass is 282 g/mol. The average molecular weight is 282 g/mol. The summed E-state index contributed by atoms with van der Waals surface area (Å²) in [5, 5.41) is 13.1. The molecule has 1 N–H and O–H groups in total. The molecule has 3 rings (SSSR count). The molecule has 1 aromatic carbocycles. The van der Waals surface area contributed by atoms with Crippen molar-refractivity contribution < 1.29 is 9.90 Å². The number of rotatable bonds is 4. The minimum Gasteiger partial charge on any atom is -0.478 e. The lowest BCUT2D eigenvalue weighted by Crippen LogP contribution is -2.18. The van der Waals surface area contributed by atoms with Gasteiger partial charge in [-0.1, -0.05) is 12.1 Å². The molecule has 0 spiro atoms. The van der Waals surface area contributed by atoms with E-state index >= 15 is 0 Å². The summed E-state index contributed by atoms with van der Waals surface area (Å²) < 4.78 is 1.77. The van der Waals surface area contributed by atoms with Gasteiger partial charge in [0.15, 0.2) is 5.82 Å². The van der Waals surface area contributed by atoms with Crippen LogP contribution in [0.2, 0.25) is 0 Å². The summed E-state index contributed by atoms with van der Waals surface area (Å²) in [4.78, 5) is 17.2. The Morgan fingerprint density at radius 3 is 2.71 bits per heavy atom. The molecule has 3 aromatic rings. The molecule has 0 amide bonds. The maximum absolute atomic E-state index is 10.8. The van der Waals surface area contributed by atoms with Gasteiger partial charge < -0.3 is 10.0 Å². The van der Waals surface area contributed by atoms with E-state index in [0.29, 0.717) is 6.54 Å². The molecule has 2 aromatic heterocycles. The van der Waals surface area contributed by atoms with Gasteiger partial charge in [-0.15, -0.1) is 0 Å². The van der Waals surface area contributed by atoms with Crippen LogP contribution >= 0.6 is 0 Å². The Kier molecular flexibility index (Phi) is 3.27. The summed E-state index contributed by atoms with van der Waals surface area (Å²) in [6, 6.07) is 8.76. The third-order valence-electron chi connectivity index (χ3n) is 3.29. The van der Waals surface area contributed by atoms with Gasteiger partial charge in [-0.05, 0) is 23.8 Å². The molecule has 0 radical (unpaired) electrons. The maximum atomic E-state index is 10.8. The van der Waals surface area contributed by atoms with Crippen molar-refractivity contribution in [2.45, 2.75) is 6.54 Å². The van der Waals surface area contributed by atoms with Gasteiger partial charge in [-0.25, -0.2) is 14.3 Å². The summed E-state index contributed by atoms with van der Waals surface area (Å²) in [5.41, 5.74) is 2.24. The van der Waals surface area contributed by atoms with E-state index in [-0.39, 0.29) is 5.56 Å². The quantitative estimate of drug-likeness (QED) is 0.793.